The zero-order valence-corrected chi connectivity index (χ0v) is 10.7. The van der Waals surface area contributed by atoms with Crippen molar-refractivity contribution in [3.05, 3.63) is 17.5 Å². The number of aryl methyl sites for hydroxylation is 1. The van der Waals surface area contributed by atoms with E-state index in [1.54, 1.807) is 6.20 Å². The third-order valence-electron chi connectivity index (χ3n) is 3.25. The first-order valence-electron chi connectivity index (χ1n) is 6.10. The van der Waals surface area contributed by atoms with Gasteiger partial charge in [0.05, 0.1) is 17.5 Å². The van der Waals surface area contributed by atoms with Crippen molar-refractivity contribution in [2.75, 3.05) is 13.6 Å². The highest BCUT2D eigenvalue weighted by Gasteiger charge is 2.31. The highest BCUT2D eigenvalue weighted by atomic mass is 16.1. The number of hydrogen-bond donors (Lipinski definition) is 2. The Morgan fingerprint density at radius 1 is 1.65 bits per heavy atom. The van der Waals surface area contributed by atoms with E-state index in [1.165, 1.54) is 12.8 Å². The number of rotatable bonds is 5. The summed E-state index contributed by atoms with van der Waals surface area (Å²) in [7, 11) is 3.79. The molecule has 1 heterocycles. The number of carbonyl (C=O) groups excluding carboxylic acids is 1. The maximum atomic E-state index is 12.0. The molecule has 5 nitrogen and oxygen atoms in total. The molecule has 1 aliphatic carbocycles. The van der Waals surface area contributed by atoms with E-state index in [0.29, 0.717) is 12.5 Å². The fourth-order valence-electron chi connectivity index (χ4n) is 1.91. The molecule has 2 rings (SSSR count). The van der Waals surface area contributed by atoms with E-state index in [-0.39, 0.29) is 11.9 Å². The van der Waals surface area contributed by atoms with Crippen LogP contribution in [-0.4, -0.2) is 35.3 Å². The van der Waals surface area contributed by atoms with Crippen molar-refractivity contribution in [1.29, 1.82) is 0 Å². The zero-order valence-electron chi connectivity index (χ0n) is 10.7. The van der Waals surface area contributed by atoms with Crippen LogP contribution < -0.4 is 10.6 Å². The van der Waals surface area contributed by atoms with Crippen molar-refractivity contribution in [2.24, 2.45) is 7.05 Å². The maximum absolute atomic E-state index is 12.0. The molecule has 1 aromatic rings. The topological polar surface area (TPSA) is 58.9 Å². The van der Waals surface area contributed by atoms with Gasteiger partial charge in [0.2, 0.25) is 0 Å². The van der Waals surface area contributed by atoms with Crippen LogP contribution in [0.4, 0.5) is 0 Å². The summed E-state index contributed by atoms with van der Waals surface area (Å²) in [5, 5.41) is 10.2. The Labute approximate surface area is 102 Å². The largest absolute Gasteiger partial charge is 0.350 e. The monoisotopic (exact) mass is 236 g/mol. The average Bonchev–Trinajstić information content (AvgIpc) is 3.09. The number of aromatic nitrogens is 2. The molecule has 1 saturated carbocycles. The average molecular weight is 236 g/mol. The van der Waals surface area contributed by atoms with Gasteiger partial charge in [-0.2, -0.15) is 5.10 Å². The van der Waals surface area contributed by atoms with Crippen molar-refractivity contribution in [3.8, 4) is 0 Å². The molecule has 0 saturated heterocycles. The predicted octanol–water partition coefficient (Wildman–Crippen LogP) is 0.635. The molecule has 0 aromatic carbocycles. The molecule has 0 aliphatic heterocycles. The molecular weight excluding hydrogens is 216 g/mol. The van der Waals surface area contributed by atoms with Gasteiger partial charge in [-0.3, -0.25) is 9.48 Å². The molecule has 2 N–H and O–H groups in total. The third kappa shape index (κ3) is 2.66. The summed E-state index contributed by atoms with van der Waals surface area (Å²) in [6.45, 7) is 2.67. The number of likely N-dealkylation sites (N-methyl/N-ethyl adjacent to an activating group) is 1. The summed E-state index contributed by atoms with van der Waals surface area (Å²) in [6, 6.07) is 0.278. The Kier molecular flexibility index (Phi) is 3.47. The second-order valence-electron chi connectivity index (χ2n) is 4.74. The summed E-state index contributed by atoms with van der Waals surface area (Å²) in [5.74, 6) is 0.520. The SMILES string of the molecule is CNC(C)CNC(=O)c1cnn(C)c1C1CC1. The second-order valence-corrected chi connectivity index (χ2v) is 4.74. The van der Waals surface area contributed by atoms with Gasteiger partial charge in [-0.25, -0.2) is 0 Å². The van der Waals surface area contributed by atoms with E-state index in [4.69, 9.17) is 0 Å². The number of amides is 1. The van der Waals surface area contributed by atoms with E-state index in [1.807, 2.05) is 25.7 Å². The predicted molar refractivity (Wildman–Crippen MR) is 66.0 cm³/mol. The van der Waals surface area contributed by atoms with Crippen molar-refractivity contribution in [3.63, 3.8) is 0 Å². The number of hydrogen-bond acceptors (Lipinski definition) is 3. The lowest BCUT2D eigenvalue weighted by Crippen LogP contribution is -2.37. The lowest BCUT2D eigenvalue weighted by molar-refractivity contribution is 0.0949. The fraction of sp³-hybridized carbons (Fsp3) is 0.667. The Bertz CT molecular complexity index is 409. The molecular formula is C12H20N4O. The summed E-state index contributed by atoms with van der Waals surface area (Å²) in [4.78, 5) is 12.0. The highest BCUT2D eigenvalue weighted by Crippen LogP contribution is 2.41. The minimum Gasteiger partial charge on any atom is -0.350 e. The maximum Gasteiger partial charge on any atom is 0.254 e. The lowest BCUT2D eigenvalue weighted by atomic mass is 10.1. The molecule has 1 fully saturated rings. The van der Waals surface area contributed by atoms with E-state index in [2.05, 4.69) is 15.7 Å². The minimum absolute atomic E-state index is 0.0119. The van der Waals surface area contributed by atoms with Gasteiger partial charge in [-0.1, -0.05) is 0 Å². The lowest BCUT2D eigenvalue weighted by Gasteiger charge is -2.11. The van der Waals surface area contributed by atoms with Gasteiger partial charge in [-0.15, -0.1) is 0 Å². The fourth-order valence-corrected chi connectivity index (χ4v) is 1.91. The van der Waals surface area contributed by atoms with Gasteiger partial charge in [0.25, 0.3) is 5.91 Å². The van der Waals surface area contributed by atoms with Crippen molar-refractivity contribution in [2.45, 2.75) is 31.7 Å². The quantitative estimate of drug-likeness (QED) is 0.788. The van der Waals surface area contributed by atoms with Crippen LogP contribution in [0.5, 0.6) is 0 Å². The second kappa shape index (κ2) is 4.87. The molecule has 1 aromatic heterocycles. The first-order valence-corrected chi connectivity index (χ1v) is 6.10. The zero-order chi connectivity index (χ0) is 12.4. The van der Waals surface area contributed by atoms with Crippen LogP contribution in [0.3, 0.4) is 0 Å². The Morgan fingerprint density at radius 2 is 2.35 bits per heavy atom. The van der Waals surface area contributed by atoms with E-state index in [9.17, 15) is 4.79 Å². The standard InChI is InChI=1S/C12H20N4O/c1-8(13-2)6-14-12(17)10-7-15-16(3)11(10)9-4-5-9/h7-9,13H,4-6H2,1-3H3,(H,14,17). The molecule has 0 radical (unpaired) electrons. The van der Waals surface area contributed by atoms with Crippen LogP contribution in [0.15, 0.2) is 6.20 Å². The molecule has 1 atom stereocenters. The van der Waals surface area contributed by atoms with Crippen molar-refractivity contribution < 1.29 is 4.79 Å². The van der Waals surface area contributed by atoms with Crippen LogP contribution in [0.2, 0.25) is 0 Å². The Balaban J connectivity index is 2.03. The summed E-state index contributed by atoms with van der Waals surface area (Å²) >= 11 is 0. The number of nitrogens with zero attached hydrogens (tertiary/aromatic N) is 2. The van der Waals surface area contributed by atoms with E-state index >= 15 is 0 Å². The molecule has 1 unspecified atom stereocenters. The first-order chi connectivity index (χ1) is 8.13. The third-order valence-corrected chi connectivity index (χ3v) is 3.25. The Hall–Kier alpha value is -1.36. The summed E-state index contributed by atoms with van der Waals surface area (Å²) < 4.78 is 1.83. The number of nitrogens with one attached hydrogen (secondary N) is 2. The van der Waals surface area contributed by atoms with Gasteiger partial charge in [0, 0.05) is 25.6 Å². The van der Waals surface area contributed by atoms with E-state index < -0.39 is 0 Å². The molecule has 0 bridgehead atoms. The van der Waals surface area contributed by atoms with Gasteiger partial charge in [-0.05, 0) is 26.8 Å². The van der Waals surface area contributed by atoms with E-state index in [0.717, 1.165) is 11.3 Å². The van der Waals surface area contributed by atoms with Crippen molar-refractivity contribution >= 4 is 5.91 Å². The van der Waals surface area contributed by atoms with Gasteiger partial charge in [0.15, 0.2) is 0 Å². The molecule has 17 heavy (non-hydrogen) atoms. The molecule has 5 heteroatoms. The summed E-state index contributed by atoms with van der Waals surface area (Å²) in [6.07, 6.45) is 4.02. The van der Waals surface area contributed by atoms with Crippen LogP contribution >= 0.6 is 0 Å². The van der Waals surface area contributed by atoms with Gasteiger partial charge in [0.1, 0.15) is 0 Å². The first kappa shape index (κ1) is 12.1. The number of carbonyl (C=O) groups is 1. The van der Waals surface area contributed by atoms with Crippen LogP contribution in [0, 0.1) is 0 Å². The normalized spacial score (nSPS) is 16.9. The molecule has 1 amide bonds. The molecule has 1 aliphatic rings. The highest BCUT2D eigenvalue weighted by molar-refractivity contribution is 5.95. The summed E-state index contributed by atoms with van der Waals surface area (Å²) in [5.41, 5.74) is 1.82. The van der Waals surface area contributed by atoms with Crippen LogP contribution in [0.25, 0.3) is 0 Å². The van der Waals surface area contributed by atoms with Crippen LogP contribution in [0.1, 0.15) is 41.7 Å². The van der Waals surface area contributed by atoms with Gasteiger partial charge < -0.3 is 10.6 Å². The smallest absolute Gasteiger partial charge is 0.254 e. The molecule has 0 spiro atoms. The van der Waals surface area contributed by atoms with Crippen LogP contribution in [-0.2, 0) is 7.05 Å². The minimum atomic E-state index is -0.0119. The van der Waals surface area contributed by atoms with Gasteiger partial charge >= 0.3 is 0 Å². The Morgan fingerprint density at radius 3 is 2.94 bits per heavy atom. The van der Waals surface area contributed by atoms with Crippen molar-refractivity contribution in [1.82, 2.24) is 20.4 Å². The molecule has 94 valence electrons.